The number of rotatable bonds is 5. The van der Waals surface area contributed by atoms with Gasteiger partial charge in [0.15, 0.2) is 5.82 Å². The highest BCUT2D eigenvalue weighted by atomic mass is 32.1. The molecule has 0 spiro atoms. The fourth-order valence-electron chi connectivity index (χ4n) is 2.59. The molecule has 0 amide bonds. The van der Waals surface area contributed by atoms with Crippen molar-refractivity contribution in [1.29, 1.82) is 0 Å². The monoisotopic (exact) mass is 381 g/mol. The van der Waals surface area contributed by atoms with E-state index in [1.54, 1.807) is 12.1 Å². The third kappa shape index (κ3) is 3.59. The molecule has 27 heavy (non-hydrogen) atoms. The topological polar surface area (TPSA) is 56.5 Å². The normalized spacial score (nSPS) is 12.0. The van der Waals surface area contributed by atoms with Crippen LogP contribution < -0.4 is 14.8 Å². The lowest BCUT2D eigenvalue weighted by Crippen LogP contribution is -2.23. The summed E-state index contributed by atoms with van der Waals surface area (Å²) in [5, 5.41) is 4.26. The number of nitrogens with zero attached hydrogens (tertiary/aromatic N) is 3. The molecule has 0 saturated heterocycles. The molecule has 2 heterocycles. The van der Waals surface area contributed by atoms with Crippen LogP contribution in [-0.2, 0) is 0 Å². The van der Waals surface area contributed by atoms with Gasteiger partial charge < -0.3 is 4.74 Å². The maximum absolute atomic E-state index is 13.1. The van der Waals surface area contributed by atoms with Crippen molar-refractivity contribution < 1.29 is 9.13 Å². The molecule has 0 unspecified atom stereocenters. The number of halogens is 1. The van der Waals surface area contributed by atoms with Gasteiger partial charge in [0.1, 0.15) is 11.6 Å². The van der Waals surface area contributed by atoms with Crippen molar-refractivity contribution in [2.45, 2.75) is 13.3 Å². The summed E-state index contributed by atoms with van der Waals surface area (Å²) in [5.41, 5.74) is 1.35. The maximum atomic E-state index is 13.1. The number of thiazole rings is 1. The fraction of sp³-hybridized carbons (Fsp3) is 0.150. The van der Waals surface area contributed by atoms with E-state index >= 15 is 0 Å². The summed E-state index contributed by atoms with van der Waals surface area (Å²) in [6.45, 7) is 2.73. The molecule has 0 fully saturated rings. The lowest BCUT2D eigenvalue weighted by molar-refractivity contribution is 0.317. The minimum atomic E-state index is -0.327. The molecular weight excluding hydrogens is 365 g/mol. The first kappa shape index (κ1) is 17.4. The van der Waals surface area contributed by atoms with Crippen molar-refractivity contribution in [3.63, 3.8) is 0 Å². The number of ether oxygens (including phenoxy) is 1. The highest BCUT2D eigenvalue weighted by molar-refractivity contribution is 7.15. The number of fused-ring (bicyclic) bond motifs is 1. The third-order valence-electron chi connectivity index (χ3n) is 3.93. The second kappa shape index (κ2) is 7.28. The summed E-state index contributed by atoms with van der Waals surface area (Å²) >= 11 is 1.27. The van der Waals surface area contributed by atoms with Gasteiger partial charge in [0.05, 0.1) is 11.1 Å². The van der Waals surface area contributed by atoms with Gasteiger partial charge in [0, 0.05) is 5.56 Å². The molecule has 2 aromatic heterocycles. The van der Waals surface area contributed by atoms with Crippen molar-refractivity contribution in [3.05, 3.63) is 74.8 Å². The van der Waals surface area contributed by atoms with Crippen LogP contribution in [0.4, 0.5) is 4.39 Å². The highest BCUT2D eigenvalue weighted by Crippen LogP contribution is 2.17. The van der Waals surface area contributed by atoms with Crippen LogP contribution >= 0.6 is 11.3 Å². The van der Waals surface area contributed by atoms with Gasteiger partial charge in [-0.05, 0) is 54.5 Å². The smallest absolute Gasteiger partial charge is 0.291 e. The number of hydrogen-bond acceptors (Lipinski definition) is 5. The standard InChI is InChI=1S/C20H16FN3O2S/c1-2-11-26-16-9-3-13(4-10-16)12-17-19(25)24-20(27-17)22-18(23-24)14-5-7-15(21)8-6-14/h3-10,12H,2,11H2,1H3. The minimum Gasteiger partial charge on any atom is -0.494 e. The first-order valence-corrected chi connectivity index (χ1v) is 9.36. The second-order valence-electron chi connectivity index (χ2n) is 5.97. The Labute approximate surface area is 158 Å². The first-order valence-electron chi connectivity index (χ1n) is 8.54. The van der Waals surface area contributed by atoms with Crippen LogP contribution in [0.1, 0.15) is 18.9 Å². The molecule has 0 radical (unpaired) electrons. The van der Waals surface area contributed by atoms with E-state index in [1.165, 1.54) is 28.0 Å². The first-order chi connectivity index (χ1) is 13.1. The molecule has 0 aliphatic rings. The van der Waals surface area contributed by atoms with E-state index in [-0.39, 0.29) is 11.4 Å². The average molecular weight is 381 g/mol. The van der Waals surface area contributed by atoms with Gasteiger partial charge in [0.2, 0.25) is 4.96 Å². The molecule has 0 N–H and O–H groups in total. The van der Waals surface area contributed by atoms with Crippen LogP contribution in [0.3, 0.4) is 0 Å². The summed E-state index contributed by atoms with van der Waals surface area (Å²) in [4.78, 5) is 17.5. The molecule has 136 valence electrons. The Bertz CT molecular complexity index is 1180. The third-order valence-corrected chi connectivity index (χ3v) is 4.89. The van der Waals surface area contributed by atoms with Crippen molar-refractivity contribution in [2.24, 2.45) is 0 Å². The second-order valence-corrected chi connectivity index (χ2v) is 6.98. The zero-order valence-electron chi connectivity index (χ0n) is 14.6. The summed E-state index contributed by atoms with van der Waals surface area (Å²) < 4.78 is 20.5. The van der Waals surface area contributed by atoms with Gasteiger partial charge >= 0.3 is 0 Å². The molecule has 2 aromatic carbocycles. The van der Waals surface area contributed by atoms with E-state index in [1.807, 2.05) is 30.3 Å². The van der Waals surface area contributed by atoms with Crippen LogP contribution in [0.15, 0.2) is 53.3 Å². The van der Waals surface area contributed by atoms with Gasteiger partial charge in [0.25, 0.3) is 5.56 Å². The Morgan fingerprint density at radius 1 is 1.15 bits per heavy atom. The molecule has 0 saturated carbocycles. The lowest BCUT2D eigenvalue weighted by atomic mass is 10.2. The predicted octanol–water partition coefficient (Wildman–Crippen LogP) is 3.29. The largest absolute Gasteiger partial charge is 0.494 e. The Hall–Kier alpha value is -3.06. The SMILES string of the molecule is CCCOc1ccc(C=c2sc3nc(-c4ccc(F)cc4)nn3c2=O)cc1. The van der Waals surface area contributed by atoms with Crippen molar-refractivity contribution in [2.75, 3.05) is 6.61 Å². The van der Waals surface area contributed by atoms with Crippen LogP contribution in [0.25, 0.3) is 22.4 Å². The van der Waals surface area contributed by atoms with Crippen LogP contribution in [0.2, 0.25) is 0 Å². The van der Waals surface area contributed by atoms with Crippen molar-refractivity contribution in [3.8, 4) is 17.1 Å². The summed E-state index contributed by atoms with van der Waals surface area (Å²) in [5.74, 6) is 0.887. The highest BCUT2D eigenvalue weighted by Gasteiger charge is 2.12. The van der Waals surface area contributed by atoms with Crippen LogP contribution in [0, 0.1) is 5.82 Å². The van der Waals surface area contributed by atoms with E-state index in [0.29, 0.717) is 27.5 Å². The zero-order chi connectivity index (χ0) is 18.8. The van der Waals surface area contributed by atoms with Crippen LogP contribution in [0.5, 0.6) is 5.75 Å². The quantitative estimate of drug-likeness (QED) is 0.532. The summed E-state index contributed by atoms with van der Waals surface area (Å²) in [6, 6.07) is 13.5. The van der Waals surface area contributed by atoms with E-state index in [9.17, 15) is 9.18 Å². The molecule has 5 nitrogen and oxygen atoms in total. The molecule has 7 heteroatoms. The summed E-state index contributed by atoms with van der Waals surface area (Å²) in [7, 11) is 0. The van der Waals surface area contributed by atoms with E-state index in [0.717, 1.165) is 17.7 Å². The van der Waals surface area contributed by atoms with Gasteiger partial charge in [-0.15, -0.1) is 5.10 Å². The van der Waals surface area contributed by atoms with Gasteiger partial charge in [-0.25, -0.2) is 4.39 Å². The summed E-state index contributed by atoms with van der Waals surface area (Å²) in [6.07, 6.45) is 2.76. The lowest BCUT2D eigenvalue weighted by Gasteiger charge is -2.03. The minimum absolute atomic E-state index is 0.220. The fourth-order valence-corrected chi connectivity index (χ4v) is 3.49. The van der Waals surface area contributed by atoms with E-state index in [4.69, 9.17) is 4.74 Å². The van der Waals surface area contributed by atoms with E-state index < -0.39 is 0 Å². The Morgan fingerprint density at radius 3 is 2.56 bits per heavy atom. The molecular formula is C20H16FN3O2S. The van der Waals surface area contributed by atoms with Gasteiger partial charge in [-0.3, -0.25) is 4.79 Å². The van der Waals surface area contributed by atoms with Gasteiger partial charge in [-0.2, -0.15) is 9.50 Å². The number of aromatic nitrogens is 3. The van der Waals surface area contributed by atoms with E-state index in [2.05, 4.69) is 17.0 Å². The molecule has 0 bridgehead atoms. The maximum Gasteiger partial charge on any atom is 0.291 e. The average Bonchev–Trinajstić information content (AvgIpc) is 3.22. The predicted molar refractivity (Wildman–Crippen MR) is 104 cm³/mol. The number of hydrogen-bond donors (Lipinski definition) is 0. The molecule has 4 rings (SSSR count). The molecule has 0 atom stereocenters. The van der Waals surface area contributed by atoms with Crippen LogP contribution in [-0.4, -0.2) is 21.2 Å². The zero-order valence-corrected chi connectivity index (χ0v) is 15.4. The molecule has 0 aliphatic carbocycles. The Kier molecular flexibility index (Phi) is 4.68. The molecule has 4 aromatic rings. The van der Waals surface area contributed by atoms with Crippen molar-refractivity contribution >= 4 is 22.4 Å². The van der Waals surface area contributed by atoms with Gasteiger partial charge in [-0.1, -0.05) is 30.4 Å². The molecule has 0 aliphatic heterocycles. The Balaban J connectivity index is 1.66. The van der Waals surface area contributed by atoms with Crippen molar-refractivity contribution in [1.82, 2.24) is 14.6 Å². The number of benzene rings is 2. The Morgan fingerprint density at radius 2 is 1.89 bits per heavy atom.